The summed E-state index contributed by atoms with van der Waals surface area (Å²) in [6, 6.07) is 0.0555. The van der Waals surface area contributed by atoms with Gasteiger partial charge >= 0.3 is 0 Å². The molecular formula is C10H12N2O4. The van der Waals surface area contributed by atoms with Crippen molar-refractivity contribution in [2.24, 2.45) is 0 Å². The van der Waals surface area contributed by atoms with Gasteiger partial charge in [0.2, 0.25) is 5.88 Å². The van der Waals surface area contributed by atoms with E-state index in [1.54, 1.807) is 13.8 Å². The Morgan fingerprint density at radius 1 is 1.50 bits per heavy atom. The summed E-state index contributed by atoms with van der Waals surface area (Å²) in [5, 5.41) is 0. The molecule has 0 aliphatic carbocycles. The van der Waals surface area contributed by atoms with Gasteiger partial charge in [0.25, 0.3) is 11.6 Å². The standard InChI is InChI=1S/C10H12N2O4/c1-6(2)16-10-11-8(14)7(4-5-13)9(12-10)15-3/h4,6H,1-3H3,(H,11,12,14). The fourth-order valence-corrected chi connectivity index (χ4v) is 1.06. The third-order valence-corrected chi connectivity index (χ3v) is 1.64. The van der Waals surface area contributed by atoms with Gasteiger partial charge in [-0.05, 0) is 13.8 Å². The summed E-state index contributed by atoms with van der Waals surface area (Å²) < 4.78 is 10.1. The van der Waals surface area contributed by atoms with Crippen LogP contribution in [-0.2, 0) is 4.79 Å². The number of hydrogen-bond acceptors (Lipinski definition) is 5. The van der Waals surface area contributed by atoms with Gasteiger partial charge in [-0.25, -0.2) is 4.79 Å². The molecule has 86 valence electrons. The molecule has 0 fully saturated rings. The second-order valence-corrected chi connectivity index (χ2v) is 3.22. The first-order valence-corrected chi connectivity index (χ1v) is 4.64. The number of hydrogen-bond donors (Lipinski definition) is 1. The summed E-state index contributed by atoms with van der Waals surface area (Å²) >= 11 is 0. The van der Waals surface area contributed by atoms with Gasteiger partial charge in [0.05, 0.1) is 13.2 Å². The average molecular weight is 224 g/mol. The fourth-order valence-electron chi connectivity index (χ4n) is 1.06. The molecule has 0 saturated carbocycles. The SMILES string of the molecule is COc1nc(OC(C)C)[nH]c(=O)c1C=C=O. The fraction of sp³-hybridized carbons (Fsp3) is 0.400. The molecule has 0 radical (unpaired) electrons. The van der Waals surface area contributed by atoms with E-state index in [9.17, 15) is 9.59 Å². The molecule has 0 saturated heterocycles. The van der Waals surface area contributed by atoms with Crippen molar-refractivity contribution in [3.8, 4) is 11.9 Å². The normalized spacial score (nSPS) is 9.75. The van der Waals surface area contributed by atoms with Crippen LogP contribution >= 0.6 is 0 Å². The lowest BCUT2D eigenvalue weighted by atomic mass is 10.3. The minimum atomic E-state index is -0.508. The Balaban J connectivity index is 3.26. The molecule has 6 nitrogen and oxygen atoms in total. The lowest BCUT2D eigenvalue weighted by Crippen LogP contribution is -2.17. The van der Waals surface area contributed by atoms with Gasteiger partial charge in [-0.2, -0.15) is 4.98 Å². The molecular weight excluding hydrogens is 212 g/mol. The highest BCUT2D eigenvalue weighted by atomic mass is 16.5. The third-order valence-electron chi connectivity index (χ3n) is 1.64. The van der Waals surface area contributed by atoms with Crippen molar-refractivity contribution in [3.05, 3.63) is 15.9 Å². The Bertz CT molecular complexity index is 472. The topological polar surface area (TPSA) is 81.3 Å². The molecule has 0 atom stereocenters. The minimum Gasteiger partial charge on any atom is -0.480 e. The highest BCUT2D eigenvalue weighted by molar-refractivity contribution is 5.76. The molecule has 0 aliphatic heterocycles. The summed E-state index contributed by atoms with van der Waals surface area (Å²) in [6.07, 6.45) is 0.837. The van der Waals surface area contributed by atoms with Crippen molar-refractivity contribution in [2.45, 2.75) is 20.0 Å². The Kier molecular flexibility index (Phi) is 3.85. The molecule has 1 aromatic rings. The van der Waals surface area contributed by atoms with Crippen LogP contribution in [-0.4, -0.2) is 29.1 Å². The third kappa shape index (κ3) is 2.71. The van der Waals surface area contributed by atoms with E-state index in [0.717, 1.165) is 6.08 Å². The smallest absolute Gasteiger partial charge is 0.300 e. The number of carbonyl (C=O) groups excluding carboxylic acids is 1. The highest BCUT2D eigenvalue weighted by Crippen LogP contribution is 2.14. The molecule has 0 aliphatic rings. The molecule has 0 unspecified atom stereocenters. The van der Waals surface area contributed by atoms with E-state index in [1.807, 2.05) is 0 Å². The van der Waals surface area contributed by atoms with Crippen molar-refractivity contribution in [1.82, 2.24) is 9.97 Å². The van der Waals surface area contributed by atoms with Crippen LogP contribution in [0.1, 0.15) is 19.4 Å². The van der Waals surface area contributed by atoms with Gasteiger partial charge in [0.1, 0.15) is 11.5 Å². The van der Waals surface area contributed by atoms with Crippen molar-refractivity contribution in [3.63, 3.8) is 0 Å². The molecule has 0 aromatic carbocycles. The maximum absolute atomic E-state index is 11.5. The van der Waals surface area contributed by atoms with Crippen LogP contribution in [0.5, 0.6) is 11.9 Å². The quantitative estimate of drug-likeness (QED) is 0.749. The molecule has 0 spiro atoms. The second kappa shape index (κ2) is 5.14. The first-order valence-electron chi connectivity index (χ1n) is 4.64. The Hall–Kier alpha value is -2.07. The molecule has 0 bridgehead atoms. The van der Waals surface area contributed by atoms with Crippen LogP contribution in [0.25, 0.3) is 6.08 Å². The minimum absolute atomic E-state index is 0.0219. The highest BCUT2D eigenvalue weighted by Gasteiger charge is 2.11. The lowest BCUT2D eigenvalue weighted by Gasteiger charge is -2.09. The van der Waals surface area contributed by atoms with Gasteiger partial charge in [0, 0.05) is 6.08 Å². The predicted molar refractivity (Wildman–Crippen MR) is 57.3 cm³/mol. The molecule has 6 heteroatoms. The van der Waals surface area contributed by atoms with E-state index in [1.165, 1.54) is 13.1 Å². The number of H-pyrrole nitrogens is 1. The van der Waals surface area contributed by atoms with Gasteiger partial charge < -0.3 is 9.47 Å². The number of nitrogens with zero attached hydrogens (tertiary/aromatic N) is 1. The van der Waals surface area contributed by atoms with Crippen LogP contribution in [0.2, 0.25) is 0 Å². The molecule has 0 amide bonds. The summed E-state index contributed by atoms with van der Waals surface area (Å²) in [6.45, 7) is 3.59. The summed E-state index contributed by atoms with van der Waals surface area (Å²) in [4.78, 5) is 28.0. The van der Waals surface area contributed by atoms with E-state index in [-0.39, 0.29) is 23.6 Å². The molecule has 1 heterocycles. The number of nitrogens with one attached hydrogen (secondary N) is 1. The first-order chi connectivity index (χ1) is 7.58. The van der Waals surface area contributed by atoms with Crippen molar-refractivity contribution >= 4 is 12.0 Å². The Morgan fingerprint density at radius 2 is 2.19 bits per heavy atom. The van der Waals surface area contributed by atoms with E-state index in [0.29, 0.717) is 0 Å². The van der Waals surface area contributed by atoms with Crippen LogP contribution in [0.15, 0.2) is 4.79 Å². The van der Waals surface area contributed by atoms with E-state index < -0.39 is 5.56 Å². The number of aromatic nitrogens is 2. The molecule has 1 rings (SSSR count). The largest absolute Gasteiger partial charge is 0.480 e. The van der Waals surface area contributed by atoms with Crippen LogP contribution in [0.4, 0.5) is 0 Å². The summed E-state index contributed by atoms with van der Waals surface area (Å²) in [5.41, 5.74) is -0.487. The zero-order valence-corrected chi connectivity index (χ0v) is 9.23. The van der Waals surface area contributed by atoms with Crippen molar-refractivity contribution in [2.75, 3.05) is 7.11 Å². The van der Waals surface area contributed by atoms with Gasteiger partial charge in [0.15, 0.2) is 0 Å². The summed E-state index contributed by atoms with van der Waals surface area (Å²) in [7, 11) is 1.35. The van der Waals surface area contributed by atoms with Crippen LogP contribution in [0.3, 0.4) is 0 Å². The van der Waals surface area contributed by atoms with Crippen molar-refractivity contribution < 1.29 is 14.3 Å². The Morgan fingerprint density at radius 3 is 2.69 bits per heavy atom. The molecule has 1 N–H and O–H groups in total. The number of aromatic amines is 1. The Labute approximate surface area is 91.9 Å². The van der Waals surface area contributed by atoms with Crippen LogP contribution in [0, 0.1) is 0 Å². The van der Waals surface area contributed by atoms with E-state index >= 15 is 0 Å². The van der Waals surface area contributed by atoms with Gasteiger partial charge in [-0.15, -0.1) is 0 Å². The molecule has 16 heavy (non-hydrogen) atoms. The second-order valence-electron chi connectivity index (χ2n) is 3.22. The van der Waals surface area contributed by atoms with Gasteiger partial charge in [-0.3, -0.25) is 9.78 Å². The zero-order valence-electron chi connectivity index (χ0n) is 9.23. The molecule has 1 aromatic heterocycles. The monoisotopic (exact) mass is 224 g/mol. The predicted octanol–water partition coefficient (Wildman–Crippen LogP) is 0.410. The van der Waals surface area contributed by atoms with Crippen LogP contribution < -0.4 is 15.0 Å². The number of methoxy groups -OCH3 is 1. The van der Waals surface area contributed by atoms with E-state index in [4.69, 9.17) is 9.47 Å². The van der Waals surface area contributed by atoms with E-state index in [2.05, 4.69) is 9.97 Å². The first kappa shape index (κ1) is 12.0. The maximum Gasteiger partial charge on any atom is 0.300 e. The zero-order chi connectivity index (χ0) is 12.1. The lowest BCUT2D eigenvalue weighted by molar-refractivity contribution is 0.218. The average Bonchev–Trinajstić information content (AvgIpc) is 2.20. The maximum atomic E-state index is 11.5. The number of rotatable bonds is 4. The van der Waals surface area contributed by atoms with Crippen molar-refractivity contribution in [1.29, 1.82) is 0 Å². The number of ether oxygens (including phenoxy) is 2. The summed E-state index contributed by atoms with van der Waals surface area (Å²) in [5.74, 6) is 1.53. The van der Waals surface area contributed by atoms with Gasteiger partial charge in [-0.1, -0.05) is 0 Å².